The molecule has 156 valence electrons. The van der Waals surface area contributed by atoms with Gasteiger partial charge in [0.25, 0.3) is 5.91 Å². The van der Waals surface area contributed by atoms with Gasteiger partial charge in [-0.1, -0.05) is 63.9 Å². The lowest BCUT2D eigenvalue weighted by Crippen LogP contribution is -1.97. The number of carbonyl (C=O) groups excluding carboxylic acids is 1. The standard InChI is InChI=1S/C28H27NO2/c1-4-5-6-8-23-26-21-15-16-24(31-19-13-11-18(12-14-19)17(2)3)20-9-7-10-22(25(20)21)27(26)29-28(23)30/h7,9-17H,4-6,8H2,1-3H3. The largest absolute Gasteiger partial charge is 0.457 e. The molecule has 1 aliphatic carbocycles. The fraction of sp³-hybridized carbons (Fsp3) is 0.286. The number of hydrogen-bond donors (Lipinski definition) is 0. The van der Waals surface area contributed by atoms with Gasteiger partial charge < -0.3 is 4.74 Å². The van der Waals surface area contributed by atoms with Gasteiger partial charge in [0.05, 0.1) is 5.71 Å². The lowest BCUT2D eigenvalue weighted by Gasteiger charge is -2.12. The number of benzene rings is 3. The molecule has 3 nitrogen and oxygen atoms in total. The van der Waals surface area contributed by atoms with E-state index >= 15 is 0 Å². The number of nitrogens with zero attached hydrogens (tertiary/aromatic N) is 1. The molecule has 2 aliphatic rings. The zero-order valence-electron chi connectivity index (χ0n) is 18.4. The highest BCUT2D eigenvalue weighted by atomic mass is 16.5. The van der Waals surface area contributed by atoms with Crippen molar-refractivity contribution in [1.29, 1.82) is 0 Å². The second-order valence-electron chi connectivity index (χ2n) is 8.74. The van der Waals surface area contributed by atoms with Crippen LogP contribution in [-0.4, -0.2) is 11.6 Å². The molecule has 0 spiro atoms. The van der Waals surface area contributed by atoms with Crippen molar-refractivity contribution < 1.29 is 9.53 Å². The SMILES string of the molecule is CCCCCC1=C2C(=NC1=O)c1cccc3c(Oc4ccc(C(C)C)cc4)ccc2c13. The van der Waals surface area contributed by atoms with Crippen LogP contribution in [0.15, 0.2) is 65.2 Å². The van der Waals surface area contributed by atoms with Gasteiger partial charge in [0, 0.05) is 27.5 Å². The Morgan fingerprint density at radius 1 is 0.935 bits per heavy atom. The molecule has 3 aromatic rings. The van der Waals surface area contributed by atoms with Gasteiger partial charge in [-0.05, 0) is 54.2 Å². The smallest absolute Gasteiger partial charge is 0.274 e. The van der Waals surface area contributed by atoms with Crippen LogP contribution in [0.25, 0.3) is 16.3 Å². The summed E-state index contributed by atoms with van der Waals surface area (Å²) in [6, 6.07) is 18.6. The second-order valence-corrected chi connectivity index (χ2v) is 8.74. The highest BCUT2D eigenvalue weighted by Crippen LogP contribution is 2.46. The van der Waals surface area contributed by atoms with E-state index in [1.807, 2.05) is 24.3 Å². The van der Waals surface area contributed by atoms with Gasteiger partial charge in [-0.15, -0.1) is 0 Å². The summed E-state index contributed by atoms with van der Waals surface area (Å²) in [7, 11) is 0. The van der Waals surface area contributed by atoms with Crippen molar-refractivity contribution >= 4 is 28.0 Å². The first-order chi connectivity index (χ1) is 15.1. The Morgan fingerprint density at radius 2 is 1.74 bits per heavy atom. The summed E-state index contributed by atoms with van der Waals surface area (Å²) < 4.78 is 6.29. The molecule has 3 heteroatoms. The number of unbranched alkanes of at least 4 members (excludes halogenated alkanes) is 2. The van der Waals surface area contributed by atoms with Crippen LogP contribution in [0.5, 0.6) is 11.5 Å². The zero-order chi connectivity index (χ0) is 21.5. The van der Waals surface area contributed by atoms with E-state index in [1.165, 1.54) is 5.56 Å². The molecule has 1 amide bonds. The first-order valence-corrected chi connectivity index (χ1v) is 11.3. The molecular weight excluding hydrogens is 382 g/mol. The van der Waals surface area contributed by atoms with Crippen LogP contribution in [-0.2, 0) is 4.79 Å². The van der Waals surface area contributed by atoms with Crippen LogP contribution in [0, 0.1) is 0 Å². The Morgan fingerprint density at radius 3 is 2.48 bits per heavy atom. The minimum absolute atomic E-state index is 0.0608. The number of hydrogen-bond acceptors (Lipinski definition) is 2. The van der Waals surface area contributed by atoms with Crippen molar-refractivity contribution in [3.63, 3.8) is 0 Å². The molecule has 31 heavy (non-hydrogen) atoms. The summed E-state index contributed by atoms with van der Waals surface area (Å²) in [5.74, 6) is 2.09. The van der Waals surface area contributed by atoms with E-state index in [9.17, 15) is 4.79 Å². The van der Waals surface area contributed by atoms with Crippen molar-refractivity contribution in [1.82, 2.24) is 0 Å². The molecule has 0 bridgehead atoms. The van der Waals surface area contributed by atoms with Crippen LogP contribution in [0.2, 0.25) is 0 Å². The first kappa shape index (κ1) is 19.7. The summed E-state index contributed by atoms with van der Waals surface area (Å²) in [5, 5.41) is 2.21. The molecule has 0 aromatic heterocycles. The van der Waals surface area contributed by atoms with Crippen LogP contribution < -0.4 is 4.74 Å². The van der Waals surface area contributed by atoms with E-state index in [-0.39, 0.29) is 5.91 Å². The lowest BCUT2D eigenvalue weighted by molar-refractivity contribution is -0.114. The first-order valence-electron chi connectivity index (χ1n) is 11.3. The Kier molecular flexibility index (Phi) is 4.97. The van der Waals surface area contributed by atoms with Gasteiger partial charge in [-0.2, -0.15) is 0 Å². The van der Waals surface area contributed by atoms with Gasteiger partial charge in [0.1, 0.15) is 11.5 Å². The van der Waals surface area contributed by atoms with Gasteiger partial charge in [0.15, 0.2) is 0 Å². The van der Waals surface area contributed by atoms with Crippen LogP contribution in [0.4, 0.5) is 0 Å². The van der Waals surface area contributed by atoms with E-state index in [2.05, 4.69) is 56.1 Å². The van der Waals surface area contributed by atoms with Crippen LogP contribution in [0.1, 0.15) is 69.1 Å². The number of ether oxygens (including phenoxy) is 1. The average Bonchev–Trinajstić information content (AvgIpc) is 3.26. The summed E-state index contributed by atoms with van der Waals surface area (Å²) in [5.41, 5.74) is 6.21. The third kappa shape index (κ3) is 3.29. The monoisotopic (exact) mass is 409 g/mol. The van der Waals surface area contributed by atoms with Gasteiger partial charge >= 0.3 is 0 Å². The predicted molar refractivity (Wildman–Crippen MR) is 127 cm³/mol. The second kappa shape index (κ2) is 7.81. The molecule has 3 aromatic carbocycles. The normalized spacial score (nSPS) is 14.6. The molecule has 0 N–H and O–H groups in total. The number of fused-ring (bicyclic) bond motifs is 3. The van der Waals surface area contributed by atoms with Gasteiger partial charge in [-0.3, -0.25) is 4.79 Å². The van der Waals surface area contributed by atoms with E-state index in [0.29, 0.717) is 5.92 Å². The lowest BCUT2D eigenvalue weighted by atomic mass is 9.97. The maximum Gasteiger partial charge on any atom is 0.274 e. The highest BCUT2D eigenvalue weighted by molar-refractivity contribution is 6.49. The number of amides is 1. The molecule has 0 radical (unpaired) electrons. The van der Waals surface area contributed by atoms with Crippen molar-refractivity contribution in [3.05, 3.63) is 76.9 Å². The zero-order valence-corrected chi connectivity index (χ0v) is 18.4. The molecule has 0 fully saturated rings. The van der Waals surface area contributed by atoms with Gasteiger partial charge in [-0.25, -0.2) is 4.99 Å². The maximum atomic E-state index is 12.6. The molecule has 0 atom stereocenters. The number of aliphatic imine (C=N–C) groups is 1. The van der Waals surface area contributed by atoms with Crippen molar-refractivity contribution in [2.75, 3.05) is 0 Å². The van der Waals surface area contributed by atoms with Crippen molar-refractivity contribution in [3.8, 4) is 11.5 Å². The number of carbonyl (C=O) groups is 1. The molecule has 0 saturated carbocycles. The fourth-order valence-corrected chi connectivity index (χ4v) is 4.67. The molecule has 5 rings (SSSR count). The fourth-order valence-electron chi connectivity index (χ4n) is 4.67. The van der Waals surface area contributed by atoms with E-state index in [1.54, 1.807) is 0 Å². The Hall–Kier alpha value is -3.20. The maximum absolute atomic E-state index is 12.6. The third-order valence-electron chi connectivity index (χ3n) is 6.34. The van der Waals surface area contributed by atoms with Gasteiger partial charge in [0.2, 0.25) is 0 Å². The van der Waals surface area contributed by atoms with E-state index < -0.39 is 0 Å². The van der Waals surface area contributed by atoms with Crippen molar-refractivity contribution in [2.45, 2.75) is 52.4 Å². The topological polar surface area (TPSA) is 38.7 Å². The summed E-state index contributed by atoms with van der Waals surface area (Å²) in [4.78, 5) is 17.1. The average molecular weight is 410 g/mol. The third-order valence-corrected chi connectivity index (χ3v) is 6.34. The summed E-state index contributed by atoms with van der Waals surface area (Å²) in [6.07, 6.45) is 4.09. The number of rotatable bonds is 7. The Balaban J connectivity index is 1.56. The summed E-state index contributed by atoms with van der Waals surface area (Å²) >= 11 is 0. The van der Waals surface area contributed by atoms with E-state index in [4.69, 9.17) is 4.74 Å². The molecule has 0 unspecified atom stereocenters. The van der Waals surface area contributed by atoms with Crippen LogP contribution in [0.3, 0.4) is 0 Å². The predicted octanol–water partition coefficient (Wildman–Crippen LogP) is 7.43. The van der Waals surface area contributed by atoms with E-state index in [0.717, 1.165) is 75.9 Å². The molecule has 0 saturated heterocycles. The quantitative estimate of drug-likeness (QED) is 0.381. The Bertz CT molecular complexity index is 1250. The van der Waals surface area contributed by atoms with Crippen molar-refractivity contribution in [2.24, 2.45) is 4.99 Å². The molecule has 1 aliphatic heterocycles. The molecular formula is C28H27NO2. The minimum Gasteiger partial charge on any atom is -0.457 e. The highest BCUT2D eigenvalue weighted by Gasteiger charge is 2.35. The number of allylic oxidation sites excluding steroid dienone is 1. The summed E-state index contributed by atoms with van der Waals surface area (Å²) in [6.45, 7) is 6.56. The Labute approximate surface area is 183 Å². The van der Waals surface area contributed by atoms with Crippen LogP contribution >= 0.6 is 0 Å². The minimum atomic E-state index is -0.0608. The molecule has 1 heterocycles.